The van der Waals surface area contributed by atoms with Crippen molar-refractivity contribution in [3.63, 3.8) is 0 Å². The summed E-state index contributed by atoms with van der Waals surface area (Å²) in [6, 6.07) is 22.4. The first-order chi connectivity index (χ1) is 30.3. The second-order valence-corrected chi connectivity index (χ2v) is 17.6. The van der Waals surface area contributed by atoms with Crippen LogP contribution in [0.4, 0.5) is 11.5 Å². The number of nitrogens with two attached hydrogens (primary N) is 1. The fourth-order valence-electron chi connectivity index (χ4n) is 10.2. The summed E-state index contributed by atoms with van der Waals surface area (Å²) in [5, 5.41) is 8.19. The molecule has 0 aliphatic carbocycles. The number of likely N-dealkylation sites (tertiary alicyclic amines) is 2. The van der Waals surface area contributed by atoms with Crippen molar-refractivity contribution in [2.45, 2.75) is 63.5 Å². The Labute approximate surface area is 360 Å². The van der Waals surface area contributed by atoms with E-state index in [0.717, 1.165) is 122 Å². The number of imide groups is 2. The Kier molecular flexibility index (Phi) is 10.9. The van der Waals surface area contributed by atoms with Gasteiger partial charge in [0.2, 0.25) is 11.8 Å². The van der Waals surface area contributed by atoms with Gasteiger partial charge in [-0.3, -0.25) is 29.4 Å². The van der Waals surface area contributed by atoms with Gasteiger partial charge in [-0.15, -0.1) is 0 Å². The molecule has 15 nitrogen and oxygen atoms in total. The molecule has 2 aromatic heterocycles. The van der Waals surface area contributed by atoms with Gasteiger partial charge < -0.3 is 25.2 Å². The lowest BCUT2D eigenvalue weighted by Crippen LogP contribution is -2.54. The van der Waals surface area contributed by atoms with Gasteiger partial charge >= 0.3 is 0 Å². The average Bonchev–Trinajstić information content (AvgIpc) is 3.80. The molecular formula is C47H52N10O5. The van der Waals surface area contributed by atoms with Crippen LogP contribution < -0.4 is 20.7 Å². The van der Waals surface area contributed by atoms with Crippen LogP contribution in [0.15, 0.2) is 79.1 Å². The van der Waals surface area contributed by atoms with Gasteiger partial charge in [-0.1, -0.05) is 18.2 Å². The van der Waals surface area contributed by atoms with E-state index < -0.39 is 23.8 Å². The molecule has 5 aliphatic rings. The van der Waals surface area contributed by atoms with E-state index in [9.17, 15) is 19.2 Å². The smallest absolute Gasteiger partial charge is 0.262 e. The number of rotatable bonds is 10. The Bertz CT molecular complexity index is 2490. The van der Waals surface area contributed by atoms with Crippen LogP contribution in [0.25, 0.3) is 22.3 Å². The zero-order valence-corrected chi connectivity index (χ0v) is 34.8. The Morgan fingerprint density at radius 2 is 1.34 bits per heavy atom. The summed E-state index contributed by atoms with van der Waals surface area (Å²) in [5.74, 6) is 1.39. The number of nitrogens with one attached hydrogen (secondary N) is 1. The fourth-order valence-corrected chi connectivity index (χ4v) is 10.2. The summed E-state index contributed by atoms with van der Waals surface area (Å²) in [6.45, 7) is 8.35. The van der Waals surface area contributed by atoms with Crippen LogP contribution in [-0.2, 0) is 9.59 Å². The molecule has 5 aromatic rings. The molecular weight excluding hydrogens is 785 g/mol. The van der Waals surface area contributed by atoms with Crippen molar-refractivity contribution < 1.29 is 23.9 Å². The lowest BCUT2D eigenvalue weighted by molar-refractivity contribution is -0.136. The lowest BCUT2D eigenvalue weighted by Gasteiger charge is -2.40. The van der Waals surface area contributed by atoms with Crippen molar-refractivity contribution in [3.05, 3.63) is 90.3 Å². The number of aromatic nitrogens is 4. The number of ether oxygens (including phenoxy) is 1. The molecule has 0 bridgehead atoms. The van der Waals surface area contributed by atoms with Gasteiger partial charge in [-0.05, 0) is 124 Å². The van der Waals surface area contributed by atoms with Crippen molar-refractivity contribution >= 4 is 46.2 Å². The summed E-state index contributed by atoms with van der Waals surface area (Å²) < 4.78 is 8.11. The molecule has 3 N–H and O–H groups in total. The highest BCUT2D eigenvalue weighted by Crippen LogP contribution is 2.37. The summed E-state index contributed by atoms with van der Waals surface area (Å²) >= 11 is 0. The first-order valence-electron chi connectivity index (χ1n) is 22.1. The number of anilines is 2. The highest BCUT2D eigenvalue weighted by Gasteiger charge is 2.45. The molecule has 320 valence electrons. The number of nitrogens with zero attached hydrogens (tertiary/aromatic N) is 8. The predicted molar refractivity (Wildman–Crippen MR) is 234 cm³/mol. The van der Waals surface area contributed by atoms with Crippen LogP contribution in [0.5, 0.6) is 11.5 Å². The third-order valence-electron chi connectivity index (χ3n) is 13.7. The van der Waals surface area contributed by atoms with Crippen molar-refractivity contribution in [1.29, 1.82) is 0 Å². The van der Waals surface area contributed by atoms with E-state index in [2.05, 4.69) is 34.7 Å². The molecule has 0 radical (unpaired) electrons. The van der Waals surface area contributed by atoms with Crippen molar-refractivity contribution in [2.24, 2.45) is 11.8 Å². The number of carbonyl (C=O) groups excluding carboxylic acids is 4. The third kappa shape index (κ3) is 7.90. The molecule has 62 heavy (non-hydrogen) atoms. The maximum Gasteiger partial charge on any atom is 0.262 e. The third-order valence-corrected chi connectivity index (χ3v) is 13.7. The van der Waals surface area contributed by atoms with Crippen molar-refractivity contribution in [1.82, 2.24) is 39.8 Å². The molecule has 4 fully saturated rings. The molecule has 4 amide bonds. The molecule has 0 saturated carbocycles. The topological polar surface area (TPSA) is 172 Å². The minimum atomic E-state index is -0.957. The zero-order valence-electron chi connectivity index (χ0n) is 34.8. The molecule has 7 heterocycles. The predicted octanol–water partition coefficient (Wildman–Crippen LogP) is 5.53. The van der Waals surface area contributed by atoms with Gasteiger partial charge in [0.25, 0.3) is 11.8 Å². The second-order valence-electron chi connectivity index (χ2n) is 17.6. The van der Waals surface area contributed by atoms with Gasteiger partial charge in [0, 0.05) is 56.9 Å². The van der Waals surface area contributed by atoms with E-state index in [-0.39, 0.29) is 24.8 Å². The largest absolute Gasteiger partial charge is 0.457 e. The number of benzene rings is 3. The molecule has 4 saturated heterocycles. The first kappa shape index (κ1) is 39.9. The fraction of sp³-hybridized carbons (Fsp3) is 0.426. The monoisotopic (exact) mass is 836 g/mol. The summed E-state index contributed by atoms with van der Waals surface area (Å²) in [6.07, 6.45) is 8.37. The number of piperidine rings is 4. The molecule has 3 aromatic carbocycles. The maximum atomic E-state index is 13.4. The Morgan fingerprint density at radius 3 is 2.03 bits per heavy atom. The summed E-state index contributed by atoms with van der Waals surface area (Å²) in [4.78, 5) is 68.3. The highest BCUT2D eigenvalue weighted by molar-refractivity contribution is 6.23. The number of carbonyl (C=O) groups is 4. The quantitative estimate of drug-likeness (QED) is 0.169. The summed E-state index contributed by atoms with van der Waals surface area (Å²) in [5.41, 5.74) is 10.6. The Hall–Kier alpha value is -6.19. The van der Waals surface area contributed by atoms with Crippen LogP contribution in [0.2, 0.25) is 0 Å². The van der Waals surface area contributed by atoms with E-state index >= 15 is 0 Å². The minimum absolute atomic E-state index is 0.105. The van der Waals surface area contributed by atoms with E-state index in [1.54, 1.807) is 12.1 Å². The van der Waals surface area contributed by atoms with Gasteiger partial charge in [0.15, 0.2) is 5.65 Å². The van der Waals surface area contributed by atoms with Crippen LogP contribution in [0.3, 0.4) is 0 Å². The maximum absolute atomic E-state index is 13.4. The van der Waals surface area contributed by atoms with Crippen molar-refractivity contribution in [3.8, 4) is 22.8 Å². The average molecular weight is 837 g/mol. The lowest BCUT2D eigenvalue weighted by atomic mass is 9.91. The van der Waals surface area contributed by atoms with Gasteiger partial charge in [-0.2, -0.15) is 5.10 Å². The van der Waals surface area contributed by atoms with Crippen LogP contribution in [0, 0.1) is 11.8 Å². The molecule has 1 atom stereocenters. The van der Waals surface area contributed by atoms with E-state index in [1.165, 1.54) is 19.2 Å². The van der Waals surface area contributed by atoms with E-state index in [0.29, 0.717) is 28.8 Å². The Balaban J connectivity index is 0.684. The van der Waals surface area contributed by atoms with Crippen LogP contribution >= 0.6 is 0 Å². The molecule has 15 heteroatoms. The standard InChI is InChI=1S/C47H52N10O5/c48-43-41-42(32-6-9-36(10-7-32)62-35-4-2-1-3-5-35)52-57(44(41)50-29-49-43)33-18-22-54(23-19-33)27-30-14-20-53(21-15-30)28-31-16-24-55(25-17-31)34-8-11-37-38(26-34)47(61)56(46(37)60)39-12-13-40(58)51-45(39)59/h1-11,26,29-31,33,39H,12-25,27-28H2,(H2,48,49,50)(H,51,58,59). The van der Waals surface area contributed by atoms with Gasteiger partial charge in [0.05, 0.1) is 22.6 Å². The van der Waals surface area contributed by atoms with Gasteiger partial charge in [0.1, 0.15) is 35.4 Å². The first-order valence-corrected chi connectivity index (χ1v) is 22.1. The second kappa shape index (κ2) is 16.9. The minimum Gasteiger partial charge on any atom is -0.457 e. The molecule has 10 rings (SSSR count). The zero-order chi connectivity index (χ0) is 42.3. The highest BCUT2D eigenvalue weighted by atomic mass is 16.5. The number of amides is 4. The van der Waals surface area contributed by atoms with E-state index in [4.69, 9.17) is 15.6 Å². The summed E-state index contributed by atoms with van der Waals surface area (Å²) in [7, 11) is 0. The SMILES string of the molecule is Nc1ncnc2c1c(-c1ccc(Oc3ccccc3)cc1)nn2C1CCN(CC2CCN(CC3CCN(c4ccc5c(c4)C(=O)N(C4CCC(=O)NC4=O)C5=O)CC3)CC2)CC1. The number of fused-ring (bicyclic) bond motifs is 2. The molecule has 0 spiro atoms. The van der Waals surface area contributed by atoms with Gasteiger partial charge in [-0.25, -0.2) is 14.6 Å². The van der Waals surface area contributed by atoms with Crippen LogP contribution in [-0.4, -0.2) is 116 Å². The Morgan fingerprint density at radius 1 is 0.694 bits per heavy atom. The molecule has 5 aliphatic heterocycles. The van der Waals surface area contributed by atoms with E-state index in [1.807, 2.05) is 60.7 Å². The van der Waals surface area contributed by atoms with Crippen molar-refractivity contribution in [2.75, 3.05) is 63.0 Å². The van der Waals surface area contributed by atoms with Crippen LogP contribution in [0.1, 0.15) is 78.1 Å². The number of nitrogen functional groups attached to an aromatic ring is 1. The number of hydrogen-bond acceptors (Lipinski definition) is 12. The normalized spacial score (nSPS) is 21.2. The number of para-hydroxylation sites is 1. The number of hydrogen-bond donors (Lipinski definition) is 2. The molecule has 1 unspecified atom stereocenters.